The van der Waals surface area contributed by atoms with Crippen molar-refractivity contribution in [2.45, 2.75) is 6.61 Å². The van der Waals surface area contributed by atoms with E-state index >= 15 is 0 Å². The Hall–Kier alpha value is -4.84. The van der Waals surface area contributed by atoms with Crippen LogP contribution in [0.4, 0.5) is 0 Å². The van der Waals surface area contributed by atoms with Crippen molar-refractivity contribution in [3.05, 3.63) is 114 Å². The van der Waals surface area contributed by atoms with E-state index in [-0.39, 0.29) is 17.7 Å². The average molecular weight is 492 g/mol. The van der Waals surface area contributed by atoms with Crippen molar-refractivity contribution >= 4 is 22.7 Å². The number of methoxy groups -OCH3 is 2. The summed E-state index contributed by atoms with van der Waals surface area (Å²) in [5.41, 5.74) is 5.50. The summed E-state index contributed by atoms with van der Waals surface area (Å²) in [6, 6.07) is 31.3. The smallest absolute Gasteiger partial charge is 0.338 e. The lowest BCUT2D eigenvalue weighted by atomic mass is 10.0. The van der Waals surface area contributed by atoms with E-state index in [0.29, 0.717) is 11.3 Å². The van der Waals surface area contributed by atoms with E-state index in [4.69, 9.17) is 14.2 Å². The summed E-state index contributed by atoms with van der Waals surface area (Å²) in [6.45, 7) is 0.139. The standard InChI is InChI=1S/C31H25NO5/c1-35-30(33)24-10-11-25(27(18-24)31(34)36-2)19-37-26-13-12-21-16-23(9-8-22(21)17-26)29-15-14-28(32-29)20-6-4-3-5-7-20/h3-18,32H,19H2,1-2H3. The first-order valence-electron chi connectivity index (χ1n) is 11.8. The van der Waals surface area contributed by atoms with Crippen LogP contribution in [0.2, 0.25) is 0 Å². The number of hydrogen-bond donors (Lipinski definition) is 1. The Morgan fingerprint density at radius 3 is 2.14 bits per heavy atom. The molecule has 0 amide bonds. The summed E-state index contributed by atoms with van der Waals surface area (Å²) in [5, 5.41) is 2.11. The molecule has 5 rings (SSSR count). The molecular formula is C31H25NO5. The normalized spacial score (nSPS) is 10.8. The van der Waals surface area contributed by atoms with E-state index in [2.05, 4.69) is 47.4 Å². The number of nitrogens with one attached hydrogen (secondary N) is 1. The number of H-pyrrole nitrogens is 1. The van der Waals surface area contributed by atoms with E-state index in [1.54, 1.807) is 12.1 Å². The van der Waals surface area contributed by atoms with Crippen LogP contribution in [-0.4, -0.2) is 31.1 Å². The maximum atomic E-state index is 12.3. The lowest BCUT2D eigenvalue weighted by molar-refractivity contribution is 0.0596. The van der Waals surface area contributed by atoms with Gasteiger partial charge in [-0.05, 0) is 64.4 Å². The summed E-state index contributed by atoms with van der Waals surface area (Å²) in [5.74, 6) is -0.406. The van der Waals surface area contributed by atoms with Gasteiger partial charge in [-0.25, -0.2) is 9.59 Å². The molecular weight excluding hydrogens is 466 g/mol. The van der Waals surface area contributed by atoms with Crippen LogP contribution in [-0.2, 0) is 16.1 Å². The van der Waals surface area contributed by atoms with Gasteiger partial charge in [0.05, 0.1) is 25.3 Å². The first kappa shape index (κ1) is 23.9. The zero-order valence-electron chi connectivity index (χ0n) is 20.5. The van der Waals surface area contributed by atoms with Crippen molar-refractivity contribution in [2.75, 3.05) is 14.2 Å². The molecule has 0 saturated carbocycles. The van der Waals surface area contributed by atoms with Crippen LogP contribution in [0.25, 0.3) is 33.3 Å². The number of benzene rings is 4. The Balaban J connectivity index is 1.35. The summed E-state index contributed by atoms with van der Waals surface area (Å²) >= 11 is 0. The van der Waals surface area contributed by atoms with Crippen LogP contribution < -0.4 is 4.74 Å². The lowest BCUT2D eigenvalue weighted by Gasteiger charge is -2.12. The molecule has 0 atom stereocenters. The number of hydrogen-bond acceptors (Lipinski definition) is 5. The molecule has 6 heteroatoms. The van der Waals surface area contributed by atoms with Crippen molar-refractivity contribution in [1.29, 1.82) is 0 Å². The van der Waals surface area contributed by atoms with Gasteiger partial charge in [0.25, 0.3) is 0 Å². The van der Waals surface area contributed by atoms with Crippen molar-refractivity contribution in [2.24, 2.45) is 0 Å². The molecule has 0 aliphatic heterocycles. The molecule has 6 nitrogen and oxygen atoms in total. The Bertz CT molecular complexity index is 1590. The zero-order chi connectivity index (χ0) is 25.8. The van der Waals surface area contributed by atoms with Gasteiger partial charge in [0.2, 0.25) is 0 Å². The Morgan fingerprint density at radius 2 is 1.38 bits per heavy atom. The topological polar surface area (TPSA) is 77.6 Å². The molecule has 1 heterocycles. The second-order valence-electron chi connectivity index (χ2n) is 8.52. The van der Waals surface area contributed by atoms with Gasteiger partial charge in [0.1, 0.15) is 12.4 Å². The van der Waals surface area contributed by atoms with E-state index in [0.717, 1.165) is 33.3 Å². The number of aromatic amines is 1. The fourth-order valence-corrected chi connectivity index (χ4v) is 4.24. The first-order valence-corrected chi connectivity index (χ1v) is 11.8. The SMILES string of the molecule is COC(=O)c1ccc(COc2ccc3cc(-c4ccc(-c5ccccc5)[nH]4)ccc3c2)c(C(=O)OC)c1. The predicted molar refractivity (Wildman–Crippen MR) is 143 cm³/mol. The Labute approximate surface area is 214 Å². The molecule has 0 unspecified atom stereocenters. The third-order valence-electron chi connectivity index (χ3n) is 6.22. The average Bonchev–Trinajstić information content (AvgIpc) is 3.46. The van der Waals surface area contributed by atoms with Gasteiger partial charge in [-0.2, -0.15) is 0 Å². The summed E-state index contributed by atoms with van der Waals surface area (Å²) in [6.07, 6.45) is 0. The fraction of sp³-hybridized carbons (Fsp3) is 0.0968. The zero-order valence-corrected chi connectivity index (χ0v) is 20.5. The fourth-order valence-electron chi connectivity index (χ4n) is 4.24. The second kappa shape index (κ2) is 10.4. The van der Waals surface area contributed by atoms with Gasteiger partial charge in [-0.15, -0.1) is 0 Å². The highest BCUT2D eigenvalue weighted by molar-refractivity contribution is 5.96. The molecule has 0 bridgehead atoms. The molecule has 0 saturated heterocycles. The van der Waals surface area contributed by atoms with Crippen LogP contribution in [0.3, 0.4) is 0 Å². The molecule has 1 N–H and O–H groups in total. The highest BCUT2D eigenvalue weighted by Crippen LogP contribution is 2.29. The summed E-state index contributed by atoms with van der Waals surface area (Å²) < 4.78 is 15.6. The number of fused-ring (bicyclic) bond motifs is 1. The number of esters is 2. The van der Waals surface area contributed by atoms with E-state index in [1.807, 2.05) is 36.4 Å². The molecule has 37 heavy (non-hydrogen) atoms. The maximum Gasteiger partial charge on any atom is 0.338 e. The largest absolute Gasteiger partial charge is 0.489 e. The molecule has 0 aliphatic carbocycles. The van der Waals surface area contributed by atoms with Gasteiger partial charge < -0.3 is 19.2 Å². The summed E-state index contributed by atoms with van der Waals surface area (Å²) in [7, 11) is 2.59. The molecule has 0 spiro atoms. The first-order chi connectivity index (χ1) is 18.1. The minimum atomic E-state index is -0.546. The Kier molecular flexibility index (Phi) is 6.72. The molecule has 0 fully saturated rings. The highest BCUT2D eigenvalue weighted by atomic mass is 16.5. The van der Waals surface area contributed by atoms with Crippen LogP contribution in [0.1, 0.15) is 26.3 Å². The van der Waals surface area contributed by atoms with Crippen molar-refractivity contribution < 1.29 is 23.8 Å². The molecule has 5 aromatic rings. The molecule has 184 valence electrons. The molecule has 0 radical (unpaired) electrons. The van der Waals surface area contributed by atoms with Gasteiger partial charge >= 0.3 is 11.9 Å². The van der Waals surface area contributed by atoms with Crippen LogP contribution in [0.5, 0.6) is 5.75 Å². The number of ether oxygens (including phenoxy) is 3. The quantitative estimate of drug-likeness (QED) is 0.258. The van der Waals surface area contributed by atoms with Gasteiger partial charge in [0.15, 0.2) is 0 Å². The minimum absolute atomic E-state index is 0.139. The third kappa shape index (κ3) is 5.09. The van der Waals surface area contributed by atoms with Crippen LogP contribution in [0.15, 0.2) is 97.1 Å². The summed E-state index contributed by atoms with van der Waals surface area (Å²) in [4.78, 5) is 27.6. The third-order valence-corrected chi connectivity index (χ3v) is 6.22. The van der Waals surface area contributed by atoms with Crippen LogP contribution >= 0.6 is 0 Å². The van der Waals surface area contributed by atoms with Crippen LogP contribution in [0, 0.1) is 0 Å². The maximum absolute atomic E-state index is 12.3. The molecule has 4 aromatic carbocycles. The van der Waals surface area contributed by atoms with E-state index in [9.17, 15) is 9.59 Å². The second-order valence-corrected chi connectivity index (χ2v) is 8.52. The minimum Gasteiger partial charge on any atom is -0.489 e. The van der Waals surface area contributed by atoms with E-state index in [1.165, 1.54) is 20.3 Å². The van der Waals surface area contributed by atoms with Gasteiger partial charge in [-0.1, -0.05) is 54.6 Å². The lowest BCUT2D eigenvalue weighted by Crippen LogP contribution is -2.11. The predicted octanol–water partition coefficient (Wildman–Crippen LogP) is 6.65. The van der Waals surface area contributed by atoms with Crippen molar-refractivity contribution in [1.82, 2.24) is 4.98 Å². The van der Waals surface area contributed by atoms with Crippen molar-refractivity contribution in [3.8, 4) is 28.3 Å². The Morgan fingerprint density at radius 1 is 0.676 bits per heavy atom. The molecule has 0 aliphatic rings. The number of carbonyl (C=O) groups excluding carboxylic acids is 2. The van der Waals surface area contributed by atoms with Gasteiger partial charge in [-0.3, -0.25) is 0 Å². The number of aromatic nitrogens is 1. The van der Waals surface area contributed by atoms with Gasteiger partial charge in [0, 0.05) is 17.0 Å². The molecule has 1 aromatic heterocycles. The monoisotopic (exact) mass is 491 g/mol. The number of carbonyl (C=O) groups is 2. The number of rotatable bonds is 7. The highest BCUT2D eigenvalue weighted by Gasteiger charge is 2.16. The van der Waals surface area contributed by atoms with Crippen molar-refractivity contribution in [3.63, 3.8) is 0 Å². The van der Waals surface area contributed by atoms with E-state index < -0.39 is 11.9 Å².